The van der Waals surface area contributed by atoms with Crippen LogP contribution in [0.1, 0.15) is 38.5 Å². The summed E-state index contributed by atoms with van der Waals surface area (Å²) in [4.78, 5) is 18.9. The van der Waals surface area contributed by atoms with E-state index in [0.29, 0.717) is 6.61 Å². The maximum atomic E-state index is 12.3. The summed E-state index contributed by atoms with van der Waals surface area (Å²) < 4.78 is 5.47. The predicted molar refractivity (Wildman–Crippen MR) is 63.1 cm³/mol. The number of hydrogen-bond donors (Lipinski definition) is 1. The molecule has 0 saturated carbocycles. The summed E-state index contributed by atoms with van der Waals surface area (Å²) in [6, 6.07) is 0.281. The van der Waals surface area contributed by atoms with Crippen molar-refractivity contribution in [1.82, 2.24) is 4.90 Å². The number of amides is 1. The second-order valence-electron chi connectivity index (χ2n) is 4.84. The number of hydrogen-bond acceptors (Lipinski definition) is 4. The Kier molecular flexibility index (Phi) is 4.76. The van der Waals surface area contributed by atoms with Crippen LogP contribution in [-0.2, 0) is 14.4 Å². The molecule has 5 heteroatoms. The molecule has 98 valence electrons. The third-order valence-corrected chi connectivity index (χ3v) is 3.68. The van der Waals surface area contributed by atoms with Gasteiger partial charge in [-0.05, 0) is 38.5 Å². The lowest BCUT2D eigenvalue weighted by Crippen LogP contribution is -2.48. The molecule has 2 heterocycles. The van der Waals surface area contributed by atoms with E-state index in [4.69, 9.17) is 10.6 Å². The molecule has 0 aliphatic carbocycles. The molecular weight excluding hydrogens is 220 g/mol. The SMILES string of the molecule is NOCCC1CCCCN1C(=O)C1CCCO1. The quantitative estimate of drug-likeness (QED) is 0.741. The van der Waals surface area contributed by atoms with E-state index in [1.807, 2.05) is 4.90 Å². The number of carbonyl (C=O) groups is 1. The minimum atomic E-state index is -0.200. The van der Waals surface area contributed by atoms with Gasteiger partial charge in [-0.1, -0.05) is 0 Å². The van der Waals surface area contributed by atoms with Crippen molar-refractivity contribution in [2.45, 2.75) is 50.7 Å². The molecule has 1 amide bonds. The first kappa shape index (κ1) is 12.8. The molecule has 0 aromatic heterocycles. The van der Waals surface area contributed by atoms with Crippen LogP contribution in [0.3, 0.4) is 0 Å². The monoisotopic (exact) mass is 242 g/mol. The number of rotatable bonds is 4. The van der Waals surface area contributed by atoms with E-state index >= 15 is 0 Å². The number of ether oxygens (including phenoxy) is 1. The molecule has 2 fully saturated rings. The van der Waals surface area contributed by atoms with Gasteiger partial charge in [-0.15, -0.1) is 0 Å². The summed E-state index contributed by atoms with van der Waals surface area (Å²) in [5, 5.41) is 0. The fraction of sp³-hybridized carbons (Fsp3) is 0.917. The predicted octanol–water partition coefficient (Wildman–Crippen LogP) is 0.827. The first-order chi connectivity index (χ1) is 8.33. The molecule has 2 saturated heterocycles. The third-order valence-electron chi connectivity index (χ3n) is 3.68. The van der Waals surface area contributed by atoms with Crippen LogP contribution in [0.5, 0.6) is 0 Å². The molecule has 2 N–H and O–H groups in total. The van der Waals surface area contributed by atoms with Crippen molar-refractivity contribution < 1.29 is 14.4 Å². The van der Waals surface area contributed by atoms with Gasteiger partial charge in [0, 0.05) is 19.2 Å². The Morgan fingerprint density at radius 3 is 2.94 bits per heavy atom. The average molecular weight is 242 g/mol. The number of nitrogens with zero attached hydrogens (tertiary/aromatic N) is 1. The highest BCUT2D eigenvalue weighted by molar-refractivity contribution is 5.81. The molecule has 0 aromatic rings. The minimum Gasteiger partial charge on any atom is -0.368 e. The second-order valence-corrected chi connectivity index (χ2v) is 4.84. The van der Waals surface area contributed by atoms with Gasteiger partial charge in [0.25, 0.3) is 5.91 Å². The summed E-state index contributed by atoms with van der Waals surface area (Å²) in [6.07, 6.45) is 5.84. The van der Waals surface area contributed by atoms with Crippen LogP contribution < -0.4 is 5.90 Å². The maximum Gasteiger partial charge on any atom is 0.251 e. The molecule has 2 atom stereocenters. The van der Waals surface area contributed by atoms with Crippen molar-refractivity contribution in [3.05, 3.63) is 0 Å². The Labute approximate surface area is 102 Å². The van der Waals surface area contributed by atoms with Crippen LogP contribution in [0.2, 0.25) is 0 Å². The summed E-state index contributed by atoms with van der Waals surface area (Å²) in [7, 11) is 0. The lowest BCUT2D eigenvalue weighted by molar-refractivity contribution is -0.145. The summed E-state index contributed by atoms with van der Waals surface area (Å²) >= 11 is 0. The highest BCUT2D eigenvalue weighted by Crippen LogP contribution is 2.23. The summed E-state index contributed by atoms with van der Waals surface area (Å²) in [5.41, 5.74) is 0. The molecule has 2 aliphatic heterocycles. The topological polar surface area (TPSA) is 64.8 Å². The summed E-state index contributed by atoms with van der Waals surface area (Å²) in [5.74, 6) is 5.23. The van der Waals surface area contributed by atoms with E-state index in [1.165, 1.54) is 6.42 Å². The zero-order valence-corrected chi connectivity index (χ0v) is 10.3. The second kappa shape index (κ2) is 6.33. The van der Waals surface area contributed by atoms with Gasteiger partial charge >= 0.3 is 0 Å². The molecule has 2 aliphatic rings. The van der Waals surface area contributed by atoms with Gasteiger partial charge < -0.3 is 14.5 Å². The van der Waals surface area contributed by atoms with E-state index in [-0.39, 0.29) is 18.1 Å². The lowest BCUT2D eigenvalue weighted by Gasteiger charge is -2.37. The molecule has 17 heavy (non-hydrogen) atoms. The lowest BCUT2D eigenvalue weighted by atomic mass is 9.98. The van der Waals surface area contributed by atoms with Gasteiger partial charge in [0.1, 0.15) is 6.10 Å². The number of nitrogens with two attached hydrogens (primary N) is 1. The van der Waals surface area contributed by atoms with Crippen molar-refractivity contribution in [1.29, 1.82) is 0 Å². The van der Waals surface area contributed by atoms with Gasteiger partial charge in [0.2, 0.25) is 0 Å². The number of likely N-dealkylation sites (tertiary alicyclic amines) is 1. The first-order valence-corrected chi connectivity index (χ1v) is 6.56. The highest BCUT2D eigenvalue weighted by atomic mass is 16.6. The Bertz CT molecular complexity index is 254. The van der Waals surface area contributed by atoms with Crippen LogP contribution in [0.25, 0.3) is 0 Å². The molecule has 2 unspecified atom stereocenters. The Morgan fingerprint density at radius 2 is 2.24 bits per heavy atom. The van der Waals surface area contributed by atoms with Crippen molar-refractivity contribution in [2.75, 3.05) is 19.8 Å². The molecular formula is C12H22N2O3. The van der Waals surface area contributed by atoms with Crippen LogP contribution >= 0.6 is 0 Å². The van der Waals surface area contributed by atoms with Crippen LogP contribution in [0, 0.1) is 0 Å². The van der Waals surface area contributed by atoms with Crippen LogP contribution in [0.15, 0.2) is 0 Å². The standard InChI is InChI=1S/C12H22N2O3/c13-17-9-6-10-4-1-2-7-14(10)12(15)11-5-3-8-16-11/h10-11H,1-9,13H2. The Hall–Kier alpha value is -0.650. The van der Waals surface area contributed by atoms with Crippen molar-refractivity contribution >= 4 is 5.91 Å². The highest BCUT2D eigenvalue weighted by Gasteiger charge is 2.33. The van der Waals surface area contributed by atoms with Crippen molar-refractivity contribution in [3.8, 4) is 0 Å². The van der Waals surface area contributed by atoms with Gasteiger partial charge in [0.05, 0.1) is 6.61 Å². The third kappa shape index (κ3) is 3.18. The van der Waals surface area contributed by atoms with Crippen LogP contribution in [-0.4, -0.2) is 42.7 Å². The van der Waals surface area contributed by atoms with E-state index in [9.17, 15) is 4.79 Å². The van der Waals surface area contributed by atoms with Gasteiger partial charge in [-0.2, -0.15) is 0 Å². The van der Waals surface area contributed by atoms with E-state index in [0.717, 1.165) is 45.3 Å². The van der Waals surface area contributed by atoms with Crippen molar-refractivity contribution in [2.24, 2.45) is 5.90 Å². The fourth-order valence-corrected chi connectivity index (χ4v) is 2.75. The molecule has 5 nitrogen and oxygen atoms in total. The largest absolute Gasteiger partial charge is 0.368 e. The molecule has 0 radical (unpaired) electrons. The maximum absolute atomic E-state index is 12.3. The molecule has 0 bridgehead atoms. The molecule has 0 spiro atoms. The Morgan fingerprint density at radius 1 is 1.35 bits per heavy atom. The molecule has 2 rings (SSSR count). The fourth-order valence-electron chi connectivity index (χ4n) is 2.75. The Balaban J connectivity index is 1.92. The molecule has 0 aromatic carbocycles. The first-order valence-electron chi connectivity index (χ1n) is 6.56. The number of piperidine rings is 1. The zero-order chi connectivity index (χ0) is 12.1. The van der Waals surface area contributed by atoms with E-state index < -0.39 is 0 Å². The van der Waals surface area contributed by atoms with E-state index in [2.05, 4.69) is 4.84 Å². The summed E-state index contributed by atoms with van der Waals surface area (Å²) in [6.45, 7) is 2.09. The smallest absolute Gasteiger partial charge is 0.251 e. The van der Waals surface area contributed by atoms with Crippen molar-refractivity contribution in [3.63, 3.8) is 0 Å². The van der Waals surface area contributed by atoms with Crippen LogP contribution in [0.4, 0.5) is 0 Å². The van der Waals surface area contributed by atoms with E-state index in [1.54, 1.807) is 0 Å². The van der Waals surface area contributed by atoms with Gasteiger partial charge in [-0.25, -0.2) is 5.90 Å². The normalized spacial score (nSPS) is 29.6. The number of carbonyl (C=O) groups excluding carboxylic acids is 1. The van der Waals surface area contributed by atoms with Gasteiger partial charge in [-0.3, -0.25) is 4.79 Å². The minimum absolute atomic E-state index is 0.171. The average Bonchev–Trinajstić information content (AvgIpc) is 2.89. The van der Waals surface area contributed by atoms with Gasteiger partial charge in [0.15, 0.2) is 0 Å². The zero-order valence-electron chi connectivity index (χ0n) is 10.3.